The predicted octanol–water partition coefficient (Wildman–Crippen LogP) is 1.75. The van der Waals surface area contributed by atoms with E-state index in [9.17, 15) is 5.11 Å². The van der Waals surface area contributed by atoms with Gasteiger partial charge in [0.15, 0.2) is 0 Å². The van der Waals surface area contributed by atoms with E-state index in [4.69, 9.17) is 34.8 Å². The van der Waals surface area contributed by atoms with Crippen LogP contribution in [-0.2, 0) is 6.42 Å². The summed E-state index contributed by atoms with van der Waals surface area (Å²) in [5, 5.41) is 16.6. The van der Waals surface area contributed by atoms with E-state index in [0.717, 1.165) is 5.56 Å². The Morgan fingerprint density at radius 3 is 2.54 bits per heavy atom. The minimum atomic E-state index is -1.66. The first-order valence-electron chi connectivity index (χ1n) is 3.50. The molecule has 0 saturated heterocycles. The van der Waals surface area contributed by atoms with Crippen molar-refractivity contribution in [2.24, 2.45) is 0 Å². The molecule has 0 amide bonds. The highest BCUT2D eigenvalue weighted by molar-refractivity contribution is 6.68. The fraction of sp³-hybridized carbons (Fsp3) is 0.429. The summed E-state index contributed by atoms with van der Waals surface area (Å²) in [6, 6.07) is 1.70. The van der Waals surface area contributed by atoms with Crippen molar-refractivity contribution in [3.05, 3.63) is 24.0 Å². The third-order valence-electron chi connectivity index (χ3n) is 1.45. The summed E-state index contributed by atoms with van der Waals surface area (Å²) in [7, 11) is 0. The summed E-state index contributed by atoms with van der Waals surface area (Å²) in [5.41, 5.74) is 0.772. The Bertz CT molecular complexity index is 262. The summed E-state index contributed by atoms with van der Waals surface area (Å²) >= 11 is 16.4. The fourth-order valence-corrected chi connectivity index (χ4v) is 1.01. The van der Waals surface area contributed by atoms with Gasteiger partial charge in [-0.1, -0.05) is 34.8 Å². The van der Waals surface area contributed by atoms with Crippen molar-refractivity contribution in [1.29, 1.82) is 0 Å². The zero-order valence-electron chi connectivity index (χ0n) is 6.49. The van der Waals surface area contributed by atoms with Crippen LogP contribution in [0.15, 0.2) is 18.5 Å². The quantitative estimate of drug-likeness (QED) is 0.803. The van der Waals surface area contributed by atoms with Crippen molar-refractivity contribution in [2.75, 3.05) is 0 Å². The van der Waals surface area contributed by atoms with E-state index in [1.165, 1.54) is 12.4 Å². The average Bonchev–Trinajstić information content (AvgIpc) is 2.04. The van der Waals surface area contributed by atoms with Gasteiger partial charge in [-0.05, 0) is 11.6 Å². The number of aliphatic hydroxyl groups is 1. The molecule has 1 aromatic heterocycles. The first-order chi connectivity index (χ1) is 6.00. The van der Waals surface area contributed by atoms with E-state index in [2.05, 4.69) is 10.2 Å². The van der Waals surface area contributed by atoms with E-state index in [1.54, 1.807) is 6.07 Å². The SMILES string of the molecule is OC(Cc1ccnnc1)C(Cl)(Cl)Cl. The lowest BCUT2D eigenvalue weighted by Gasteiger charge is -2.18. The molecular weight excluding hydrogens is 234 g/mol. The number of hydrogen-bond acceptors (Lipinski definition) is 3. The molecule has 0 aliphatic carbocycles. The Hall–Kier alpha value is -0.0900. The van der Waals surface area contributed by atoms with Gasteiger partial charge >= 0.3 is 0 Å². The number of nitrogens with zero attached hydrogens (tertiary/aromatic N) is 2. The second kappa shape index (κ2) is 4.42. The van der Waals surface area contributed by atoms with Crippen LogP contribution in [0, 0.1) is 0 Å². The fourth-order valence-electron chi connectivity index (χ4n) is 0.778. The normalized spacial score (nSPS) is 14.2. The van der Waals surface area contributed by atoms with Crippen molar-refractivity contribution < 1.29 is 5.11 Å². The van der Waals surface area contributed by atoms with E-state index in [1.807, 2.05) is 0 Å². The molecule has 3 nitrogen and oxygen atoms in total. The van der Waals surface area contributed by atoms with Crippen molar-refractivity contribution >= 4 is 34.8 Å². The first-order valence-corrected chi connectivity index (χ1v) is 4.64. The van der Waals surface area contributed by atoms with Crippen LogP contribution in [0.5, 0.6) is 0 Å². The lowest BCUT2D eigenvalue weighted by atomic mass is 10.1. The third-order valence-corrected chi connectivity index (χ3v) is 2.21. The van der Waals surface area contributed by atoms with Crippen molar-refractivity contribution in [2.45, 2.75) is 16.3 Å². The summed E-state index contributed by atoms with van der Waals surface area (Å²) in [4.78, 5) is 0. The van der Waals surface area contributed by atoms with Gasteiger partial charge in [0.25, 0.3) is 0 Å². The van der Waals surface area contributed by atoms with E-state index >= 15 is 0 Å². The molecule has 1 rings (SSSR count). The molecule has 0 fully saturated rings. The minimum Gasteiger partial charge on any atom is -0.388 e. The Balaban J connectivity index is 2.61. The molecular formula is C7H7Cl3N2O. The molecule has 0 bridgehead atoms. The molecule has 0 radical (unpaired) electrons. The lowest BCUT2D eigenvalue weighted by Crippen LogP contribution is -2.27. The average molecular weight is 242 g/mol. The van der Waals surface area contributed by atoms with Gasteiger partial charge in [0, 0.05) is 12.6 Å². The van der Waals surface area contributed by atoms with Crippen LogP contribution in [0.3, 0.4) is 0 Å². The molecule has 1 heterocycles. The molecule has 1 aromatic rings. The predicted molar refractivity (Wildman–Crippen MR) is 52.0 cm³/mol. The third kappa shape index (κ3) is 3.65. The van der Waals surface area contributed by atoms with Gasteiger partial charge in [-0.2, -0.15) is 10.2 Å². The van der Waals surface area contributed by atoms with Crippen LogP contribution in [0.25, 0.3) is 0 Å². The van der Waals surface area contributed by atoms with Crippen LogP contribution in [0.4, 0.5) is 0 Å². The topological polar surface area (TPSA) is 46.0 Å². The zero-order chi connectivity index (χ0) is 9.90. The second-order valence-electron chi connectivity index (χ2n) is 2.51. The van der Waals surface area contributed by atoms with Crippen LogP contribution in [0.2, 0.25) is 0 Å². The highest BCUT2D eigenvalue weighted by Crippen LogP contribution is 2.31. The standard InChI is InChI=1S/C7H7Cl3N2O/c8-7(9,10)6(13)3-5-1-2-11-12-4-5/h1-2,4,6,13H,3H2. The molecule has 72 valence electrons. The maximum Gasteiger partial charge on any atom is 0.216 e. The number of alkyl halides is 3. The van der Waals surface area contributed by atoms with Gasteiger partial charge in [0.1, 0.15) is 6.10 Å². The number of aliphatic hydroxyl groups excluding tert-OH is 1. The van der Waals surface area contributed by atoms with E-state index in [-0.39, 0.29) is 6.42 Å². The van der Waals surface area contributed by atoms with Gasteiger partial charge in [-0.25, -0.2) is 0 Å². The Labute approximate surface area is 90.6 Å². The molecule has 1 atom stereocenters. The molecule has 0 aliphatic heterocycles. The first kappa shape index (κ1) is 11.0. The Kier molecular flexibility index (Phi) is 3.74. The molecule has 0 aliphatic rings. The van der Waals surface area contributed by atoms with Crippen molar-refractivity contribution in [3.8, 4) is 0 Å². The maximum absolute atomic E-state index is 9.40. The van der Waals surface area contributed by atoms with Gasteiger partial charge in [-0.15, -0.1) is 0 Å². The molecule has 6 heteroatoms. The van der Waals surface area contributed by atoms with Crippen LogP contribution in [0.1, 0.15) is 5.56 Å². The summed E-state index contributed by atoms with van der Waals surface area (Å²) in [5.74, 6) is 0. The minimum absolute atomic E-state index is 0.242. The Morgan fingerprint density at radius 1 is 1.38 bits per heavy atom. The highest BCUT2D eigenvalue weighted by Gasteiger charge is 2.30. The summed E-state index contributed by atoms with van der Waals surface area (Å²) in [6.07, 6.45) is 2.23. The summed E-state index contributed by atoms with van der Waals surface area (Å²) < 4.78 is -1.66. The molecule has 1 N–H and O–H groups in total. The van der Waals surface area contributed by atoms with Crippen LogP contribution < -0.4 is 0 Å². The van der Waals surface area contributed by atoms with Crippen LogP contribution in [-0.4, -0.2) is 25.2 Å². The van der Waals surface area contributed by atoms with Gasteiger partial charge in [0.05, 0.1) is 6.20 Å². The zero-order valence-corrected chi connectivity index (χ0v) is 8.76. The molecule has 1 unspecified atom stereocenters. The van der Waals surface area contributed by atoms with E-state index in [0.29, 0.717) is 0 Å². The van der Waals surface area contributed by atoms with Gasteiger partial charge in [-0.3, -0.25) is 0 Å². The monoisotopic (exact) mass is 240 g/mol. The lowest BCUT2D eigenvalue weighted by molar-refractivity contribution is 0.179. The molecule has 13 heavy (non-hydrogen) atoms. The van der Waals surface area contributed by atoms with E-state index < -0.39 is 9.90 Å². The summed E-state index contributed by atoms with van der Waals surface area (Å²) in [6.45, 7) is 0. The largest absolute Gasteiger partial charge is 0.388 e. The molecule has 0 saturated carbocycles. The molecule has 0 spiro atoms. The molecule has 0 aromatic carbocycles. The number of rotatable bonds is 2. The number of halogens is 3. The van der Waals surface area contributed by atoms with Crippen LogP contribution >= 0.6 is 34.8 Å². The van der Waals surface area contributed by atoms with Gasteiger partial charge in [0.2, 0.25) is 3.79 Å². The van der Waals surface area contributed by atoms with Crippen molar-refractivity contribution in [1.82, 2.24) is 10.2 Å². The highest BCUT2D eigenvalue weighted by atomic mass is 35.6. The number of aromatic nitrogens is 2. The smallest absolute Gasteiger partial charge is 0.216 e. The number of hydrogen-bond donors (Lipinski definition) is 1. The second-order valence-corrected chi connectivity index (χ2v) is 4.88. The van der Waals surface area contributed by atoms with Crippen molar-refractivity contribution in [3.63, 3.8) is 0 Å². The maximum atomic E-state index is 9.40. The Morgan fingerprint density at radius 2 is 2.08 bits per heavy atom. The van der Waals surface area contributed by atoms with Gasteiger partial charge < -0.3 is 5.11 Å².